The summed E-state index contributed by atoms with van der Waals surface area (Å²) in [6, 6.07) is 8.83. The van der Waals surface area contributed by atoms with Gasteiger partial charge in [0.1, 0.15) is 0 Å². The summed E-state index contributed by atoms with van der Waals surface area (Å²) in [4.78, 5) is 14.0. The normalized spacial score (nSPS) is 13.4. The van der Waals surface area contributed by atoms with E-state index in [4.69, 9.17) is 5.26 Å². The largest absolute Gasteiger partial charge is 0.503 e. The Morgan fingerprint density at radius 2 is 1.84 bits per heavy atom. The van der Waals surface area contributed by atoms with Crippen molar-refractivity contribution in [3.05, 3.63) is 64.5 Å². The van der Waals surface area contributed by atoms with E-state index in [2.05, 4.69) is 0 Å². The van der Waals surface area contributed by atoms with Crippen molar-refractivity contribution in [2.75, 3.05) is 0 Å². The van der Waals surface area contributed by atoms with Gasteiger partial charge in [-0.25, -0.2) is 8.78 Å². The van der Waals surface area contributed by atoms with Crippen LogP contribution in [0.1, 0.15) is 34.3 Å². The molecule has 0 unspecified atom stereocenters. The molecule has 1 fully saturated rings. The third kappa shape index (κ3) is 3.29. The van der Waals surface area contributed by atoms with E-state index in [1.54, 1.807) is 24.3 Å². The standard InChI is InChI=1S/C18H13F3N2O2/c19-14-7-13(15(20)17(24)16(14)21)18(25)23(12-5-6-12)9-11-3-1-10(8-22)2-4-11/h1-4,7,12,24H,5-6,9H2. The fraction of sp³-hybridized carbons (Fsp3) is 0.222. The number of benzene rings is 2. The summed E-state index contributed by atoms with van der Waals surface area (Å²) >= 11 is 0. The summed E-state index contributed by atoms with van der Waals surface area (Å²) in [5.74, 6) is -7.01. The first kappa shape index (κ1) is 16.8. The fourth-order valence-corrected chi connectivity index (χ4v) is 2.54. The van der Waals surface area contributed by atoms with Crippen LogP contribution in [0.2, 0.25) is 0 Å². The van der Waals surface area contributed by atoms with E-state index in [0.29, 0.717) is 17.2 Å². The van der Waals surface area contributed by atoms with Crippen LogP contribution >= 0.6 is 0 Å². The fourth-order valence-electron chi connectivity index (χ4n) is 2.54. The molecule has 0 heterocycles. The molecule has 1 amide bonds. The lowest BCUT2D eigenvalue weighted by Crippen LogP contribution is -2.33. The van der Waals surface area contributed by atoms with Crippen LogP contribution in [0.5, 0.6) is 5.75 Å². The molecule has 3 rings (SSSR count). The van der Waals surface area contributed by atoms with E-state index < -0.39 is 34.7 Å². The van der Waals surface area contributed by atoms with E-state index >= 15 is 0 Å². The SMILES string of the molecule is N#Cc1ccc(CN(C(=O)c2cc(F)c(F)c(O)c2F)C2CC2)cc1. The van der Waals surface area contributed by atoms with Gasteiger partial charge < -0.3 is 10.0 Å². The molecule has 1 aliphatic rings. The molecule has 0 atom stereocenters. The summed E-state index contributed by atoms with van der Waals surface area (Å²) in [5.41, 5.74) is 0.466. The van der Waals surface area contributed by atoms with Crippen LogP contribution < -0.4 is 0 Å². The maximum Gasteiger partial charge on any atom is 0.257 e. The maximum atomic E-state index is 14.0. The lowest BCUT2D eigenvalue weighted by molar-refractivity contribution is 0.0723. The van der Waals surface area contributed by atoms with Crippen LogP contribution in [0.4, 0.5) is 13.2 Å². The molecule has 0 saturated heterocycles. The van der Waals surface area contributed by atoms with Crippen molar-refractivity contribution in [1.29, 1.82) is 5.26 Å². The van der Waals surface area contributed by atoms with Gasteiger partial charge in [-0.05, 0) is 36.6 Å². The minimum absolute atomic E-state index is 0.127. The van der Waals surface area contributed by atoms with Gasteiger partial charge >= 0.3 is 0 Å². The Bertz CT molecular complexity index is 871. The Hall–Kier alpha value is -3.01. The summed E-state index contributed by atoms with van der Waals surface area (Å²) in [7, 11) is 0. The quantitative estimate of drug-likeness (QED) is 0.862. The molecule has 1 aliphatic carbocycles. The van der Waals surface area contributed by atoms with Crippen molar-refractivity contribution in [3.63, 3.8) is 0 Å². The topological polar surface area (TPSA) is 64.3 Å². The molecule has 0 aromatic heterocycles. The number of halogens is 3. The molecule has 25 heavy (non-hydrogen) atoms. The minimum Gasteiger partial charge on any atom is -0.503 e. The lowest BCUT2D eigenvalue weighted by atomic mass is 10.1. The highest BCUT2D eigenvalue weighted by molar-refractivity contribution is 5.95. The molecule has 1 saturated carbocycles. The van der Waals surface area contributed by atoms with Crippen molar-refractivity contribution < 1.29 is 23.1 Å². The van der Waals surface area contributed by atoms with Gasteiger partial charge in [0.25, 0.3) is 5.91 Å². The number of nitriles is 1. The molecular formula is C18H13F3N2O2. The molecule has 2 aromatic rings. The number of rotatable bonds is 4. The number of phenols is 1. The van der Waals surface area contributed by atoms with Crippen LogP contribution in [0.3, 0.4) is 0 Å². The third-order valence-corrected chi connectivity index (χ3v) is 4.05. The molecule has 0 spiro atoms. The Kier molecular flexibility index (Phi) is 4.36. The zero-order valence-corrected chi connectivity index (χ0v) is 13.0. The second-order valence-electron chi connectivity index (χ2n) is 5.86. The Morgan fingerprint density at radius 1 is 1.20 bits per heavy atom. The van der Waals surface area contributed by atoms with Crippen molar-refractivity contribution in [3.8, 4) is 11.8 Å². The molecule has 0 aliphatic heterocycles. The first-order chi connectivity index (χ1) is 11.9. The number of amides is 1. The molecule has 128 valence electrons. The van der Waals surface area contributed by atoms with Gasteiger partial charge in [0.05, 0.1) is 17.2 Å². The van der Waals surface area contributed by atoms with Crippen molar-refractivity contribution >= 4 is 5.91 Å². The van der Waals surface area contributed by atoms with Crippen molar-refractivity contribution in [1.82, 2.24) is 4.90 Å². The molecule has 2 aromatic carbocycles. The van der Waals surface area contributed by atoms with E-state index in [0.717, 1.165) is 12.8 Å². The highest BCUT2D eigenvalue weighted by Gasteiger charge is 2.35. The maximum absolute atomic E-state index is 14.0. The number of nitrogens with zero attached hydrogens (tertiary/aromatic N) is 2. The van der Waals surface area contributed by atoms with Crippen LogP contribution in [0, 0.1) is 28.8 Å². The van der Waals surface area contributed by atoms with E-state index in [9.17, 15) is 23.1 Å². The third-order valence-electron chi connectivity index (χ3n) is 4.05. The van der Waals surface area contributed by atoms with E-state index in [1.807, 2.05) is 6.07 Å². The van der Waals surface area contributed by atoms with Gasteiger partial charge in [-0.1, -0.05) is 12.1 Å². The first-order valence-electron chi connectivity index (χ1n) is 7.59. The highest BCUT2D eigenvalue weighted by Crippen LogP contribution is 2.32. The predicted molar refractivity (Wildman–Crippen MR) is 82.0 cm³/mol. The molecular weight excluding hydrogens is 333 g/mol. The number of phenolic OH excluding ortho intramolecular Hbond substituents is 1. The van der Waals surface area contributed by atoms with Gasteiger partial charge in [-0.3, -0.25) is 4.79 Å². The average Bonchev–Trinajstić information content (AvgIpc) is 3.46. The van der Waals surface area contributed by atoms with E-state index in [1.165, 1.54) is 4.90 Å². The van der Waals surface area contributed by atoms with Crippen molar-refractivity contribution in [2.45, 2.75) is 25.4 Å². The Morgan fingerprint density at radius 3 is 2.40 bits per heavy atom. The Balaban J connectivity index is 1.91. The van der Waals surface area contributed by atoms with Crippen LogP contribution in [0.15, 0.2) is 30.3 Å². The number of carbonyl (C=O) groups excluding carboxylic acids is 1. The zero-order valence-electron chi connectivity index (χ0n) is 13.0. The first-order valence-corrected chi connectivity index (χ1v) is 7.59. The number of hydrogen-bond acceptors (Lipinski definition) is 3. The van der Waals surface area contributed by atoms with Crippen LogP contribution in [-0.4, -0.2) is 22.0 Å². The van der Waals surface area contributed by atoms with Gasteiger partial charge in [0, 0.05) is 12.6 Å². The molecule has 1 N–H and O–H groups in total. The second-order valence-corrected chi connectivity index (χ2v) is 5.86. The zero-order chi connectivity index (χ0) is 18.1. The Labute approximate surface area is 141 Å². The average molecular weight is 346 g/mol. The monoisotopic (exact) mass is 346 g/mol. The summed E-state index contributed by atoms with van der Waals surface area (Å²) in [6.07, 6.45) is 1.44. The van der Waals surface area contributed by atoms with Crippen LogP contribution in [-0.2, 0) is 6.54 Å². The number of hydrogen-bond donors (Lipinski definition) is 1. The summed E-state index contributed by atoms with van der Waals surface area (Å²) < 4.78 is 40.7. The van der Waals surface area contributed by atoms with Gasteiger partial charge in [0.15, 0.2) is 17.4 Å². The van der Waals surface area contributed by atoms with Crippen LogP contribution in [0.25, 0.3) is 0 Å². The van der Waals surface area contributed by atoms with E-state index in [-0.39, 0.29) is 12.6 Å². The smallest absolute Gasteiger partial charge is 0.257 e. The minimum atomic E-state index is -1.72. The number of carbonyl (C=O) groups is 1. The summed E-state index contributed by atoms with van der Waals surface area (Å²) in [6.45, 7) is 0.133. The lowest BCUT2D eigenvalue weighted by Gasteiger charge is -2.23. The van der Waals surface area contributed by atoms with Gasteiger partial charge in [-0.15, -0.1) is 0 Å². The summed E-state index contributed by atoms with van der Waals surface area (Å²) in [5, 5.41) is 18.1. The molecule has 4 nitrogen and oxygen atoms in total. The number of aromatic hydroxyl groups is 1. The molecule has 0 radical (unpaired) electrons. The van der Waals surface area contributed by atoms with Gasteiger partial charge in [0.2, 0.25) is 5.82 Å². The molecule has 0 bridgehead atoms. The molecule has 7 heteroatoms. The second kappa shape index (κ2) is 6.48. The highest BCUT2D eigenvalue weighted by atomic mass is 19.2. The van der Waals surface area contributed by atoms with Crippen molar-refractivity contribution in [2.24, 2.45) is 0 Å². The van der Waals surface area contributed by atoms with Gasteiger partial charge in [-0.2, -0.15) is 9.65 Å². The predicted octanol–water partition coefficient (Wildman–Crippen LogP) is 3.49.